The number of nitrogens with zero attached hydrogens (tertiary/aromatic N) is 1. The molecule has 1 aliphatic rings. The van der Waals surface area contributed by atoms with Crippen molar-refractivity contribution in [3.05, 3.63) is 41.2 Å². The van der Waals surface area contributed by atoms with E-state index in [2.05, 4.69) is 0 Å². The molecule has 1 aromatic carbocycles. The smallest absolute Gasteiger partial charge is 0.342 e. The number of fused-ring (bicyclic) bond motifs is 1. The van der Waals surface area contributed by atoms with Gasteiger partial charge in [-0.25, -0.2) is 4.79 Å². The molecule has 0 N–H and O–H groups in total. The zero-order valence-electron chi connectivity index (χ0n) is 14.6. The number of ether oxygens (including phenoxy) is 2. The van der Waals surface area contributed by atoms with Crippen molar-refractivity contribution in [3.8, 4) is 11.3 Å². The summed E-state index contributed by atoms with van der Waals surface area (Å²) in [5, 5.41) is 0. The predicted molar refractivity (Wildman–Crippen MR) is 92.5 cm³/mol. The Morgan fingerprint density at radius 2 is 2.00 bits per heavy atom. The van der Waals surface area contributed by atoms with Gasteiger partial charge in [-0.1, -0.05) is 0 Å². The zero-order valence-corrected chi connectivity index (χ0v) is 14.6. The first kappa shape index (κ1) is 16.6. The number of hydrogen-bond acceptors (Lipinski definition) is 5. The minimum atomic E-state index is -0.349. The molecule has 24 heavy (non-hydrogen) atoms. The maximum Gasteiger partial charge on any atom is 0.342 e. The topological polar surface area (TPSA) is 51.9 Å². The van der Waals surface area contributed by atoms with Crippen molar-refractivity contribution in [3.63, 3.8) is 0 Å². The summed E-state index contributed by atoms with van der Waals surface area (Å²) < 4.78 is 16.8. The standard InChI is InChI=1S/C19H23NO4/c1-5-23-19(21)17-16-14(22-4)10-11-15(16)24-18(17)12-6-8-13(9-7-12)20(2)3/h6-9,14H,5,10-11H2,1-4H3. The third kappa shape index (κ3) is 2.80. The SMILES string of the molecule is CCOC(=O)c1c(-c2ccc(N(C)C)cc2)oc2c1C(OC)CC2. The number of furan rings is 1. The molecular weight excluding hydrogens is 306 g/mol. The first-order chi connectivity index (χ1) is 11.6. The number of carbonyl (C=O) groups excluding carboxylic acids is 1. The Labute approximate surface area is 142 Å². The minimum Gasteiger partial charge on any atom is -0.462 e. The van der Waals surface area contributed by atoms with E-state index in [4.69, 9.17) is 13.9 Å². The lowest BCUT2D eigenvalue weighted by atomic mass is 10.0. The van der Waals surface area contributed by atoms with Crippen molar-refractivity contribution in [1.29, 1.82) is 0 Å². The van der Waals surface area contributed by atoms with Gasteiger partial charge in [0.15, 0.2) is 0 Å². The fourth-order valence-electron chi connectivity index (χ4n) is 3.18. The number of methoxy groups -OCH3 is 1. The van der Waals surface area contributed by atoms with Crippen LogP contribution in [0.1, 0.15) is 41.1 Å². The van der Waals surface area contributed by atoms with Crippen LogP contribution in [0.15, 0.2) is 28.7 Å². The molecule has 0 amide bonds. The molecule has 0 aliphatic heterocycles. The average Bonchev–Trinajstić information content (AvgIpc) is 3.13. The van der Waals surface area contributed by atoms with Crippen LogP contribution in [0.2, 0.25) is 0 Å². The summed E-state index contributed by atoms with van der Waals surface area (Å²) in [7, 11) is 5.64. The van der Waals surface area contributed by atoms with Gasteiger partial charge in [-0.2, -0.15) is 0 Å². The number of esters is 1. The molecule has 2 aromatic rings. The normalized spacial score (nSPS) is 16.1. The number of hydrogen-bond donors (Lipinski definition) is 0. The highest BCUT2D eigenvalue weighted by Crippen LogP contribution is 2.43. The lowest BCUT2D eigenvalue weighted by Crippen LogP contribution is -2.10. The van der Waals surface area contributed by atoms with Crippen molar-refractivity contribution < 1.29 is 18.7 Å². The number of benzene rings is 1. The molecular formula is C19H23NO4. The summed E-state index contributed by atoms with van der Waals surface area (Å²) in [4.78, 5) is 14.6. The van der Waals surface area contributed by atoms with Gasteiger partial charge in [-0.3, -0.25) is 0 Å². The van der Waals surface area contributed by atoms with E-state index in [1.807, 2.05) is 43.3 Å². The van der Waals surface area contributed by atoms with E-state index in [1.54, 1.807) is 14.0 Å². The molecule has 3 rings (SSSR count). The van der Waals surface area contributed by atoms with Gasteiger partial charge in [0.05, 0.1) is 12.7 Å². The maximum absolute atomic E-state index is 12.6. The predicted octanol–water partition coefficient (Wildman–Crippen LogP) is 3.82. The fraction of sp³-hybridized carbons (Fsp3) is 0.421. The van der Waals surface area contributed by atoms with Crippen LogP contribution in [0.3, 0.4) is 0 Å². The first-order valence-electron chi connectivity index (χ1n) is 8.20. The summed E-state index contributed by atoms with van der Waals surface area (Å²) >= 11 is 0. The van der Waals surface area contributed by atoms with Crippen LogP contribution in [0.4, 0.5) is 5.69 Å². The Kier molecular flexibility index (Phi) is 4.62. The molecule has 128 valence electrons. The highest BCUT2D eigenvalue weighted by Gasteiger charge is 2.36. The highest BCUT2D eigenvalue weighted by atomic mass is 16.5. The molecule has 1 aromatic heterocycles. The second-order valence-electron chi connectivity index (χ2n) is 6.07. The van der Waals surface area contributed by atoms with Gasteiger partial charge in [0, 0.05) is 44.4 Å². The van der Waals surface area contributed by atoms with Crippen LogP contribution in [0.5, 0.6) is 0 Å². The lowest BCUT2D eigenvalue weighted by Gasteiger charge is -2.13. The summed E-state index contributed by atoms with van der Waals surface area (Å²) in [5.74, 6) is 1.06. The Morgan fingerprint density at radius 3 is 2.58 bits per heavy atom. The molecule has 1 atom stereocenters. The van der Waals surface area contributed by atoms with Crippen molar-refractivity contribution in [2.75, 3.05) is 32.7 Å². The van der Waals surface area contributed by atoms with E-state index in [0.717, 1.165) is 35.4 Å². The van der Waals surface area contributed by atoms with Crippen molar-refractivity contribution in [2.24, 2.45) is 0 Å². The average molecular weight is 329 g/mol. The molecule has 1 heterocycles. The van der Waals surface area contributed by atoms with E-state index >= 15 is 0 Å². The molecule has 5 heteroatoms. The van der Waals surface area contributed by atoms with Crippen LogP contribution in [-0.2, 0) is 15.9 Å². The van der Waals surface area contributed by atoms with Crippen LogP contribution in [0, 0.1) is 0 Å². The monoisotopic (exact) mass is 329 g/mol. The Bertz CT molecular complexity index is 731. The van der Waals surface area contributed by atoms with E-state index in [0.29, 0.717) is 17.9 Å². The third-order valence-electron chi connectivity index (χ3n) is 4.39. The molecule has 0 bridgehead atoms. The van der Waals surface area contributed by atoms with Crippen molar-refractivity contribution >= 4 is 11.7 Å². The zero-order chi connectivity index (χ0) is 17.3. The van der Waals surface area contributed by atoms with E-state index < -0.39 is 0 Å². The van der Waals surface area contributed by atoms with Crippen LogP contribution in [0.25, 0.3) is 11.3 Å². The van der Waals surface area contributed by atoms with E-state index in [1.165, 1.54) is 0 Å². The molecule has 0 spiro atoms. The van der Waals surface area contributed by atoms with Gasteiger partial charge < -0.3 is 18.8 Å². The molecule has 0 radical (unpaired) electrons. The van der Waals surface area contributed by atoms with Crippen molar-refractivity contribution in [1.82, 2.24) is 0 Å². The van der Waals surface area contributed by atoms with Crippen molar-refractivity contribution in [2.45, 2.75) is 25.9 Å². The quantitative estimate of drug-likeness (QED) is 0.781. The van der Waals surface area contributed by atoms with Gasteiger partial charge in [0.2, 0.25) is 0 Å². The summed E-state index contributed by atoms with van der Waals surface area (Å²) in [5.41, 5.74) is 3.31. The summed E-state index contributed by atoms with van der Waals surface area (Å²) in [6, 6.07) is 7.94. The van der Waals surface area contributed by atoms with Crippen LogP contribution >= 0.6 is 0 Å². The highest BCUT2D eigenvalue weighted by molar-refractivity contribution is 5.98. The van der Waals surface area contributed by atoms with Crippen LogP contribution < -0.4 is 4.90 Å². The third-order valence-corrected chi connectivity index (χ3v) is 4.39. The molecule has 0 fully saturated rings. The van der Waals surface area contributed by atoms with Gasteiger partial charge in [0.25, 0.3) is 0 Å². The Balaban J connectivity index is 2.09. The van der Waals surface area contributed by atoms with Gasteiger partial charge in [0.1, 0.15) is 17.1 Å². The molecule has 0 saturated carbocycles. The van der Waals surface area contributed by atoms with Gasteiger partial charge >= 0.3 is 5.97 Å². The molecule has 5 nitrogen and oxygen atoms in total. The second-order valence-corrected chi connectivity index (χ2v) is 6.07. The molecule has 1 unspecified atom stereocenters. The largest absolute Gasteiger partial charge is 0.462 e. The Morgan fingerprint density at radius 1 is 1.29 bits per heavy atom. The summed E-state index contributed by atoms with van der Waals surface area (Å²) in [6.07, 6.45) is 1.49. The fourth-order valence-corrected chi connectivity index (χ4v) is 3.18. The molecule has 0 saturated heterocycles. The van der Waals surface area contributed by atoms with Gasteiger partial charge in [-0.05, 0) is 37.6 Å². The first-order valence-corrected chi connectivity index (χ1v) is 8.20. The summed E-state index contributed by atoms with van der Waals surface area (Å²) in [6.45, 7) is 2.13. The number of aryl methyl sites for hydroxylation is 1. The lowest BCUT2D eigenvalue weighted by molar-refractivity contribution is 0.0514. The number of rotatable bonds is 5. The second kappa shape index (κ2) is 6.69. The number of carbonyl (C=O) groups is 1. The Hall–Kier alpha value is -2.27. The maximum atomic E-state index is 12.6. The minimum absolute atomic E-state index is 0.113. The van der Waals surface area contributed by atoms with E-state index in [9.17, 15) is 4.79 Å². The number of anilines is 1. The molecule has 1 aliphatic carbocycles. The van der Waals surface area contributed by atoms with E-state index in [-0.39, 0.29) is 12.1 Å². The van der Waals surface area contributed by atoms with Gasteiger partial charge in [-0.15, -0.1) is 0 Å². The van der Waals surface area contributed by atoms with Crippen LogP contribution in [-0.4, -0.2) is 33.8 Å².